The number of fused-ring (bicyclic) bond motifs is 15. The largest absolute Gasteiger partial charge is 0.279 e. The Morgan fingerprint density at radius 2 is 0.891 bits per heavy atom. The highest BCUT2D eigenvalue weighted by Gasteiger charge is 2.38. The Kier molecular flexibility index (Phi) is 7.15. The van der Waals surface area contributed by atoms with E-state index < -0.39 is 0 Å². The third-order valence-electron chi connectivity index (χ3n) is 11.5. The zero-order chi connectivity index (χ0) is 39.3. The number of rotatable bonds is 2. The topological polar surface area (TPSA) is 60.4 Å². The Hall–Kier alpha value is -5.36. The highest BCUT2D eigenvalue weighted by atomic mass is 15.1. The number of hydrogen-bond acceptors (Lipinski definition) is 4. The molecular weight excluding hydrogens is 673 g/mol. The van der Waals surface area contributed by atoms with Crippen LogP contribution in [0, 0.1) is 0 Å². The SMILES string of the molecule is C=Cc1ccc2c(c1)nc(C(C)(C)C)n1c3cc(C(C)(C)C)c4c(c3nc21)-c1c(c(C(C)(C)C)cc2c1nc1c3ccc(C=C)cc3nc(C(C)(C)C)n21)C4. The van der Waals surface area contributed by atoms with Crippen molar-refractivity contribution in [3.8, 4) is 11.1 Å². The number of benzene rings is 4. The van der Waals surface area contributed by atoms with Crippen molar-refractivity contribution in [2.24, 2.45) is 0 Å². The first-order valence-corrected chi connectivity index (χ1v) is 19.6. The Bertz CT molecular complexity index is 2810. The van der Waals surface area contributed by atoms with Crippen LogP contribution >= 0.6 is 0 Å². The minimum atomic E-state index is -0.250. The van der Waals surface area contributed by atoms with E-state index in [1.807, 2.05) is 12.2 Å². The van der Waals surface area contributed by atoms with E-state index >= 15 is 0 Å². The van der Waals surface area contributed by atoms with Crippen molar-refractivity contribution >= 4 is 67.3 Å². The quantitative estimate of drug-likeness (QED) is 0.178. The highest BCUT2D eigenvalue weighted by Crippen LogP contribution is 2.52. The van der Waals surface area contributed by atoms with Gasteiger partial charge in [-0.05, 0) is 87.0 Å². The maximum absolute atomic E-state index is 5.69. The first-order chi connectivity index (χ1) is 25.7. The molecule has 4 aromatic heterocycles. The maximum atomic E-state index is 5.69. The summed E-state index contributed by atoms with van der Waals surface area (Å²) in [5.41, 5.74) is 17.1. The molecule has 0 amide bonds. The predicted octanol–water partition coefficient (Wildman–Crippen LogP) is 12.4. The van der Waals surface area contributed by atoms with E-state index in [9.17, 15) is 0 Å². The fourth-order valence-corrected chi connectivity index (χ4v) is 8.96. The van der Waals surface area contributed by atoms with E-state index in [1.165, 1.54) is 33.4 Å². The van der Waals surface area contributed by atoms with Gasteiger partial charge in [0.1, 0.15) is 22.9 Å². The molecule has 0 atom stereocenters. The molecule has 6 nitrogen and oxygen atoms in total. The smallest absolute Gasteiger partial charge is 0.148 e. The van der Waals surface area contributed by atoms with Gasteiger partial charge < -0.3 is 0 Å². The molecule has 4 heterocycles. The van der Waals surface area contributed by atoms with Gasteiger partial charge in [-0.25, -0.2) is 19.9 Å². The van der Waals surface area contributed by atoms with Crippen LogP contribution in [0.4, 0.5) is 0 Å². The number of hydrogen-bond donors (Lipinski definition) is 0. The molecule has 8 aromatic rings. The number of aromatic nitrogens is 6. The molecule has 0 aliphatic heterocycles. The van der Waals surface area contributed by atoms with E-state index in [1.54, 1.807) is 0 Å². The molecular formula is C49H52N6. The van der Waals surface area contributed by atoms with Gasteiger partial charge in [0, 0.05) is 32.7 Å². The normalized spacial score (nSPS) is 13.9. The molecule has 0 bridgehead atoms. The zero-order valence-electron chi connectivity index (χ0n) is 34.6. The van der Waals surface area contributed by atoms with Gasteiger partial charge in [0.2, 0.25) is 0 Å². The monoisotopic (exact) mass is 724 g/mol. The summed E-state index contributed by atoms with van der Waals surface area (Å²) in [6.07, 6.45) is 4.61. The van der Waals surface area contributed by atoms with E-state index in [0.29, 0.717) is 0 Å². The van der Waals surface area contributed by atoms with Crippen molar-refractivity contribution in [2.45, 2.75) is 111 Å². The molecule has 1 aliphatic rings. The van der Waals surface area contributed by atoms with Crippen LogP contribution < -0.4 is 0 Å². The van der Waals surface area contributed by atoms with E-state index in [0.717, 1.165) is 84.4 Å². The first-order valence-electron chi connectivity index (χ1n) is 19.6. The zero-order valence-corrected chi connectivity index (χ0v) is 34.6. The van der Waals surface area contributed by atoms with Crippen molar-refractivity contribution in [3.63, 3.8) is 0 Å². The van der Waals surface area contributed by atoms with Gasteiger partial charge >= 0.3 is 0 Å². The Balaban J connectivity index is 1.54. The summed E-state index contributed by atoms with van der Waals surface area (Å²) in [4.78, 5) is 22.1. The lowest BCUT2D eigenvalue weighted by Crippen LogP contribution is -2.19. The molecule has 0 radical (unpaired) electrons. The van der Waals surface area contributed by atoms with Crippen molar-refractivity contribution in [2.75, 3.05) is 0 Å². The second-order valence-electron chi connectivity index (χ2n) is 19.8. The highest BCUT2D eigenvalue weighted by molar-refractivity contribution is 6.11. The minimum absolute atomic E-state index is 0.127. The molecule has 0 spiro atoms. The Labute approximate surface area is 324 Å². The van der Waals surface area contributed by atoms with Gasteiger partial charge in [0.05, 0.1) is 33.1 Å². The third-order valence-corrected chi connectivity index (χ3v) is 11.5. The standard InChI is InChI=1S/C49H52N6/c1-15-26-17-19-28-34(21-26)50-44(48(9,10)11)54-36-24-32(46(3,4)5)30-23-31-33(47(6,7)8)25-37-41(39(31)38(30)40(36)52-42(28)54)53-43-29-20-18-27(16-2)22-35(29)51-45(55(37)43)49(12,13)14/h15-22,24-25H,1-2,23H2,3-14H3. The summed E-state index contributed by atoms with van der Waals surface area (Å²) in [5.74, 6) is 1.98. The average molecular weight is 725 g/mol. The lowest BCUT2D eigenvalue weighted by atomic mass is 9.81. The van der Waals surface area contributed by atoms with Gasteiger partial charge in [-0.3, -0.25) is 8.80 Å². The summed E-state index contributed by atoms with van der Waals surface area (Å²) in [6, 6.07) is 17.7. The number of imidazole rings is 2. The summed E-state index contributed by atoms with van der Waals surface area (Å²) in [5, 5.41) is 2.07. The summed E-state index contributed by atoms with van der Waals surface area (Å²) in [6.45, 7) is 35.6. The summed E-state index contributed by atoms with van der Waals surface area (Å²) in [7, 11) is 0. The molecule has 0 N–H and O–H groups in total. The van der Waals surface area contributed by atoms with Gasteiger partial charge in [-0.15, -0.1) is 0 Å². The van der Waals surface area contributed by atoms with Gasteiger partial charge in [0.15, 0.2) is 0 Å². The van der Waals surface area contributed by atoms with Crippen LogP contribution in [0.2, 0.25) is 0 Å². The molecule has 9 rings (SSSR count). The fraction of sp³-hybridized carbons (Fsp3) is 0.347. The van der Waals surface area contributed by atoms with Crippen LogP contribution in [0.25, 0.3) is 78.4 Å². The van der Waals surface area contributed by atoms with E-state index in [-0.39, 0.29) is 21.7 Å². The molecule has 0 unspecified atom stereocenters. The summed E-state index contributed by atoms with van der Waals surface area (Å²) >= 11 is 0. The molecule has 4 aromatic carbocycles. The van der Waals surface area contributed by atoms with Gasteiger partial charge in [-0.2, -0.15) is 0 Å². The van der Waals surface area contributed by atoms with Crippen LogP contribution in [0.3, 0.4) is 0 Å². The van der Waals surface area contributed by atoms with Crippen LogP contribution in [0.15, 0.2) is 61.7 Å². The molecule has 0 saturated carbocycles. The summed E-state index contributed by atoms with van der Waals surface area (Å²) < 4.78 is 4.69. The van der Waals surface area contributed by atoms with Crippen LogP contribution in [-0.2, 0) is 28.1 Å². The molecule has 0 fully saturated rings. The van der Waals surface area contributed by atoms with Crippen LogP contribution in [-0.4, -0.2) is 28.7 Å². The average Bonchev–Trinajstić information content (AvgIpc) is 3.79. The van der Waals surface area contributed by atoms with Crippen molar-refractivity contribution in [1.29, 1.82) is 0 Å². The Morgan fingerprint density at radius 1 is 0.509 bits per heavy atom. The molecule has 0 saturated heterocycles. The lowest BCUT2D eigenvalue weighted by molar-refractivity contribution is 0.542. The van der Waals surface area contributed by atoms with E-state index in [2.05, 4.69) is 154 Å². The minimum Gasteiger partial charge on any atom is -0.279 e. The number of nitrogens with zero attached hydrogens (tertiary/aromatic N) is 6. The maximum Gasteiger partial charge on any atom is 0.148 e. The van der Waals surface area contributed by atoms with E-state index in [4.69, 9.17) is 19.9 Å². The van der Waals surface area contributed by atoms with Crippen molar-refractivity contribution in [1.82, 2.24) is 28.7 Å². The van der Waals surface area contributed by atoms with Gasteiger partial charge in [0.25, 0.3) is 0 Å². The van der Waals surface area contributed by atoms with Crippen LogP contribution in [0.5, 0.6) is 0 Å². The third kappa shape index (κ3) is 5.06. The molecule has 1 aliphatic carbocycles. The Morgan fingerprint density at radius 3 is 1.22 bits per heavy atom. The molecule has 55 heavy (non-hydrogen) atoms. The van der Waals surface area contributed by atoms with Crippen LogP contribution in [0.1, 0.15) is 128 Å². The second-order valence-corrected chi connectivity index (χ2v) is 19.8. The van der Waals surface area contributed by atoms with Crippen molar-refractivity contribution < 1.29 is 0 Å². The second kappa shape index (κ2) is 11.1. The lowest BCUT2D eigenvalue weighted by Gasteiger charge is -2.25. The molecule has 6 heteroatoms. The van der Waals surface area contributed by atoms with Gasteiger partial charge in [-0.1, -0.05) is 121 Å². The first kappa shape index (κ1) is 35.3. The fourth-order valence-electron chi connectivity index (χ4n) is 8.96. The predicted molar refractivity (Wildman–Crippen MR) is 233 cm³/mol. The molecule has 278 valence electrons. The van der Waals surface area contributed by atoms with Crippen molar-refractivity contribution in [3.05, 3.63) is 107 Å².